The lowest BCUT2D eigenvalue weighted by Gasteiger charge is -2.20. The number of ether oxygens (including phenoxy) is 1. The van der Waals surface area contributed by atoms with E-state index in [4.69, 9.17) is 10.5 Å². The lowest BCUT2D eigenvalue weighted by Crippen LogP contribution is -2.25. The standard InChI is InChI=1S/C19H24N4O/c1-11-9-14(24-2)7-8-15(11)18-16(20)19(22-10-21-18)23-17(12-3-4-12)13-5-6-13/h7-10,12-13,17H,3-6,20H2,1-2H3,(H,21,22,23). The molecular formula is C19H24N4O. The van der Waals surface area contributed by atoms with Crippen LogP contribution >= 0.6 is 0 Å². The second kappa shape index (κ2) is 5.96. The van der Waals surface area contributed by atoms with E-state index >= 15 is 0 Å². The van der Waals surface area contributed by atoms with Gasteiger partial charge in [0.2, 0.25) is 0 Å². The molecule has 0 bridgehead atoms. The first-order valence-electron chi connectivity index (χ1n) is 8.69. The van der Waals surface area contributed by atoms with E-state index in [1.54, 1.807) is 13.4 Å². The van der Waals surface area contributed by atoms with Gasteiger partial charge in [0.05, 0.1) is 12.8 Å². The highest BCUT2D eigenvalue weighted by Crippen LogP contribution is 2.46. The number of nitrogens with zero attached hydrogens (tertiary/aromatic N) is 2. The monoisotopic (exact) mass is 324 g/mol. The summed E-state index contributed by atoms with van der Waals surface area (Å²) >= 11 is 0. The van der Waals surface area contributed by atoms with Crippen LogP contribution in [0.15, 0.2) is 24.5 Å². The summed E-state index contributed by atoms with van der Waals surface area (Å²) < 4.78 is 5.28. The molecule has 0 spiro atoms. The molecular weight excluding hydrogens is 300 g/mol. The summed E-state index contributed by atoms with van der Waals surface area (Å²) in [5.74, 6) is 3.19. The van der Waals surface area contributed by atoms with Gasteiger partial charge in [-0.15, -0.1) is 0 Å². The van der Waals surface area contributed by atoms with Crippen molar-refractivity contribution in [3.63, 3.8) is 0 Å². The molecule has 0 unspecified atom stereocenters. The average Bonchev–Trinajstić information content (AvgIpc) is 3.47. The van der Waals surface area contributed by atoms with Crippen molar-refractivity contribution < 1.29 is 4.74 Å². The molecule has 2 fully saturated rings. The lowest BCUT2D eigenvalue weighted by atomic mass is 10.0. The summed E-state index contributed by atoms with van der Waals surface area (Å²) in [7, 11) is 1.67. The molecule has 0 aliphatic heterocycles. The first kappa shape index (κ1) is 15.2. The minimum atomic E-state index is 0.520. The van der Waals surface area contributed by atoms with Crippen molar-refractivity contribution in [1.82, 2.24) is 9.97 Å². The Hall–Kier alpha value is -2.30. The van der Waals surface area contributed by atoms with Crippen molar-refractivity contribution in [2.45, 2.75) is 38.6 Å². The van der Waals surface area contributed by atoms with E-state index in [1.165, 1.54) is 25.7 Å². The predicted octanol–water partition coefficient (Wildman–Crippen LogP) is 3.64. The Morgan fingerprint density at radius 2 is 1.88 bits per heavy atom. The average molecular weight is 324 g/mol. The SMILES string of the molecule is COc1ccc(-c2ncnc(NC(C3CC3)C3CC3)c2N)c(C)c1. The van der Waals surface area contributed by atoms with Gasteiger partial charge >= 0.3 is 0 Å². The Balaban J connectivity index is 1.65. The number of aromatic nitrogens is 2. The molecule has 2 saturated carbocycles. The summed E-state index contributed by atoms with van der Waals surface area (Å²) in [6.07, 6.45) is 6.90. The van der Waals surface area contributed by atoms with Crippen LogP contribution in [0.5, 0.6) is 5.75 Å². The minimum Gasteiger partial charge on any atom is -0.497 e. The second-order valence-electron chi connectivity index (χ2n) is 7.01. The Kier molecular flexibility index (Phi) is 3.79. The third-order valence-electron chi connectivity index (χ3n) is 5.14. The summed E-state index contributed by atoms with van der Waals surface area (Å²) in [5.41, 5.74) is 9.96. The number of hydrogen-bond acceptors (Lipinski definition) is 5. The van der Waals surface area contributed by atoms with E-state index in [1.807, 2.05) is 25.1 Å². The van der Waals surface area contributed by atoms with Crippen LogP contribution in [0.25, 0.3) is 11.3 Å². The van der Waals surface area contributed by atoms with Crippen LogP contribution < -0.4 is 15.8 Å². The van der Waals surface area contributed by atoms with E-state index < -0.39 is 0 Å². The van der Waals surface area contributed by atoms with Gasteiger partial charge in [-0.3, -0.25) is 0 Å². The van der Waals surface area contributed by atoms with Crippen LogP contribution in [0, 0.1) is 18.8 Å². The fourth-order valence-electron chi connectivity index (χ4n) is 3.44. The lowest BCUT2D eigenvalue weighted by molar-refractivity contribution is 0.414. The molecule has 24 heavy (non-hydrogen) atoms. The minimum absolute atomic E-state index is 0.520. The van der Waals surface area contributed by atoms with Crippen molar-refractivity contribution in [3.8, 4) is 17.0 Å². The molecule has 1 aromatic carbocycles. The van der Waals surface area contributed by atoms with Gasteiger partial charge in [0.1, 0.15) is 17.8 Å². The highest BCUT2D eigenvalue weighted by atomic mass is 16.5. The number of nitrogens with two attached hydrogens (primary N) is 1. The van der Waals surface area contributed by atoms with Crippen LogP contribution in [-0.4, -0.2) is 23.1 Å². The van der Waals surface area contributed by atoms with Gasteiger partial charge in [0.25, 0.3) is 0 Å². The highest BCUT2D eigenvalue weighted by molar-refractivity contribution is 5.82. The zero-order chi connectivity index (χ0) is 16.7. The van der Waals surface area contributed by atoms with Crippen molar-refractivity contribution in [2.24, 2.45) is 11.8 Å². The number of anilines is 2. The zero-order valence-electron chi connectivity index (χ0n) is 14.2. The first-order chi connectivity index (χ1) is 11.7. The van der Waals surface area contributed by atoms with Crippen LogP contribution in [0.1, 0.15) is 31.2 Å². The van der Waals surface area contributed by atoms with Gasteiger partial charge in [-0.1, -0.05) is 0 Å². The molecule has 1 heterocycles. The molecule has 0 amide bonds. The quantitative estimate of drug-likeness (QED) is 0.848. The molecule has 1 aromatic heterocycles. The van der Waals surface area contributed by atoms with Crippen molar-refractivity contribution in [1.29, 1.82) is 0 Å². The molecule has 2 aromatic rings. The number of hydrogen-bond donors (Lipinski definition) is 2. The molecule has 0 atom stereocenters. The van der Waals surface area contributed by atoms with Gasteiger partial charge in [0.15, 0.2) is 5.82 Å². The molecule has 2 aliphatic carbocycles. The molecule has 0 saturated heterocycles. The van der Waals surface area contributed by atoms with Gasteiger partial charge in [0, 0.05) is 11.6 Å². The summed E-state index contributed by atoms with van der Waals surface area (Å²) in [4.78, 5) is 8.85. The van der Waals surface area contributed by atoms with Gasteiger partial charge < -0.3 is 15.8 Å². The largest absolute Gasteiger partial charge is 0.497 e. The van der Waals surface area contributed by atoms with Crippen molar-refractivity contribution in [2.75, 3.05) is 18.2 Å². The van der Waals surface area contributed by atoms with E-state index in [9.17, 15) is 0 Å². The molecule has 5 nitrogen and oxygen atoms in total. The maximum absolute atomic E-state index is 6.43. The number of methoxy groups -OCH3 is 1. The molecule has 2 aliphatic rings. The van der Waals surface area contributed by atoms with Gasteiger partial charge in [-0.05, 0) is 68.2 Å². The van der Waals surface area contributed by atoms with Crippen LogP contribution in [0.4, 0.5) is 11.5 Å². The highest BCUT2D eigenvalue weighted by Gasteiger charge is 2.41. The number of rotatable bonds is 6. The Bertz CT molecular complexity index is 741. The second-order valence-corrected chi connectivity index (χ2v) is 7.01. The molecule has 0 radical (unpaired) electrons. The number of aryl methyl sites for hydroxylation is 1. The molecule has 4 rings (SSSR count). The van der Waals surface area contributed by atoms with Gasteiger partial charge in [-0.2, -0.15) is 0 Å². The fourth-order valence-corrected chi connectivity index (χ4v) is 3.44. The number of nitrogen functional groups attached to an aromatic ring is 1. The summed E-state index contributed by atoms with van der Waals surface area (Å²) in [6.45, 7) is 2.05. The molecule has 3 N–H and O–H groups in total. The normalized spacial score (nSPS) is 17.1. The third kappa shape index (κ3) is 2.90. The molecule has 5 heteroatoms. The van der Waals surface area contributed by atoms with Gasteiger partial charge in [-0.25, -0.2) is 9.97 Å². The Morgan fingerprint density at radius 3 is 2.46 bits per heavy atom. The van der Waals surface area contributed by atoms with Crippen molar-refractivity contribution in [3.05, 3.63) is 30.1 Å². The maximum atomic E-state index is 6.43. The Morgan fingerprint density at radius 1 is 1.17 bits per heavy atom. The number of benzene rings is 1. The predicted molar refractivity (Wildman–Crippen MR) is 96.0 cm³/mol. The molecule has 126 valence electrons. The van der Waals surface area contributed by atoms with E-state index in [2.05, 4.69) is 15.3 Å². The zero-order valence-corrected chi connectivity index (χ0v) is 14.2. The van der Waals surface area contributed by atoms with E-state index in [0.717, 1.165) is 40.2 Å². The summed E-state index contributed by atoms with van der Waals surface area (Å²) in [5, 5.41) is 3.62. The smallest absolute Gasteiger partial charge is 0.153 e. The van der Waals surface area contributed by atoms with E-state index in [-0.39, 0.29) is 0 Å². The van der Waals surface area contributed by atoms with E-state index in [0.29, 0.717) is 11.7 Å². The van der Waals surface area contributed by atoms with Crippen LogP contribution in [0.3, 0.4) is 0 Å². The maximum Gasteiger partial charge on any atom is 0.153 e. The fraction of sp³-hybridized carbons (Fsp3) is 0.474. The first-order valence-corrected chi connectivity index (χ1v) is 8.69. The van der Waals surface area contributed by atoms with Crippen molar-refractivity contribution >= 4 is 11.5 Å². The topological polar surface area (TPSA) is 73.1 Å². The van der Waals surface area contributed by atoms with Crippen LogP contribution in [-0.2, 0) is 0 Å². The summed E-state index contributed by atoms with van der Waals surface area (Å²) in [6, 6.07) is 6.47. The third-order valence-corrected chi connectivity index (χ3v) is 5.14. The Labute approximate surface area is 142 Å². The van der Waals surface area contributed by atoms with Crippen LogP contribution in [0.2, 0.25) is 0 Å². The number of nitrogens with one attached hydrogen (secondary N) is 1.